The van der Waals surface area contributed by atoms with E-state index in [1.165, 1.54) is 251 Å². The van der Waals surface area contributed by atoms with Crippen LogP contribution in [-0.2, 0) is 19.5 Å². The second kappa shape index (κ2) is 36.5. The minimum absolute atomic E-state index is 1.23. The number of imidazole rings is 1. The molecule has 2 heteroatoms. The molecular weight excluding hydrogens is 569 g/mol. The van der Waals surface area contributed by atoms with Crippen LogP contribution >= 0.6 is 0 Å². The van der Waals surface area contributed by atoms with Crippen LogP contribution in [0, 0.1) is 0 Å². The number of unbranched alkanes of at least 4 members (excludes halogenated alkanes) is 33. The van der Waals surface area contributed by atoms with Crippen molar-refractivity contribution in [3.63, 3.8) is 0 Å². The lowest BCUT2D eigenvalue weighted by molar-refractivity contribution is -0.704. The van der Waals surface area contributed by atoms with Gasteiger partial charge >= 0.3 is 0 Å². The third kappa shape index (κ3) is 28.7. The van der Waals surface area contributed by atoms with Crippen LogP contribution in [0.1, 0.15) is 258 Å². The summed E-state index contributed by atoms with van der Waals surface area (Å²) in [7, 11) is 0. The Bertz CT molecular complexity index is 722. The zero-order valence-corrected chi connectivity index (χ0v) is 33.1. The minimum atomic E-state index is 1.23. The lowest BCUT2D eigenvalue weighted by Crippen LogP contribution is -2.37. The first-order chi connectivity index (χ1) is 23.3. The third-order valence-electron chi connectivity index (χ3n) is 10.8. The normalized spacial score (nSPS) is 11.6. The molecule has 0 bridgehead atoms. The Labute approximate surface area is 298 Å². The monoisotopic (exact) mass is 658 g/mol. The van der Waals surface area contributed by atoms with Crippen molar-refractivity contribution in [1.82, 2.24) is 4.57 Å². The fourth-order valence-electron chi connectivity index (χ4n) is 7.56. The highest BCUT2D eigenvalue weighted by atomic mass is 15.1. The molecule has 0 aromatic carbocycles. The summed E-state index contributed by atoms with van der Waals surface area (Å²) in [5, 5.41) is 0. The number of nitrogens with zero attached hydrogens (tertiary/aromatic N) is 2. The molecule has 0 fully saturated rings. The fraction of sp³-hybridized carbons (Fsp3) is 0.933. The third-order valence-corrected chi connectivity index (χ3v) is 10.8. The van der Waals surface area contributed by atoms with Gasteiger partial charge in [-0.1, -0.05) is 220 Å². The van der Waals surface area contributed by atoms with E-state index in [1.807, 2.05) is 0 Å². The standard InChI is InChI=1S/C45H89N2/c1-4-7-10-13-16-19-21-23-24-26-28-30-33-36-39-42-47-44-43-46(41-38-35-32-18-15-12-9-6-3)45(47)40-37-34-31-29-27-25-22-20-17-14-11-8-5-2/h43-44H,4-42H2,1-3H3/q+1. The largest absolute Gasteiger partial charge is 0.256 e. The first kappa shape index (κ1) is 44.2. The number of aryl methyl sites for hydroxylation is 2. The molecule has 2 nitrogen and oxygen atoms in total. The lowest BCUT2D eigenvalue weighted by Gasteiger charge is -2.07. The van der Waals surface area contributed by atoms with E-state index in [0.29, 0.717) is 0 Å². The van der Waals surface area contributed by atoms with Crippen LogP contribution in [0.2, 0.25) is 0 Å². The molecule has 0 amide bonds. The van der Waals surface area contributed by atoms with Gasteiger partial charge in [-0.15, -0.1) is 0 Å². The number of hydrogen-bond donors (Lipinski definition) is 0. The van der Waals surface area contributed by atoms with Gasteiger partial charge in [0.1, 0.15) is 12.4 Å². The molecule has 0 aliphatic heterocycles. The maximum Gasteiger partial charge on any atom is 0.256 e. The van der Waals surface area contributed by atoms with Gasteiger partial charge in [-0.3, -0.25) is 0 Å². The quantitative estimate of drug-likeness (QED) is 0.0492. The highest BCUT2D eigenvalue weighted by Gasteiger charge is 2.16. The summed E-state index contributed by atoms with van der Waals surface area (Å²) in [4.78, 5) is 0. The molecule has 47 heavy (non-hydrogen) atoms. The summed E-state index contributed by atoms with van der Waals surface area (Å²) in [6.45, 7) is 9.41. The number of hydrogen-bond acceptors (Lipinski definition) is 0. The molecule has 0 N–H and O–H groups in total. The van der Waals surface area contributed by atoms with Crippen molar-refractivity contribution in [1.29, 1.82) is 0 Å². The Morgan fingerprint density at radius 1 is 0.362 bits per heavy atom. The first-order valence-electron chi connectivity index (χ1n) is 22.4. The molecule has 0 aliphatic rings. The maximum absolute atomic E-state index is 2.65. The van der Waals surface area contributed by atoms with Crippen LogP contribution in [0.4, 0.5) is 0 Å². The summed E-state index contributed by atoms with van der Waals surface area (Å²) in [6, 6.07) is 0. The Morgan fingerprint density at radius 2 is 0.660 bits per heavy atom. The number of rotatable bonds is 39. The van der Waals surface area contributed by atoms with Crippen LogP contribution in [0.5, 0.6) is 0 Å². The van der Waals surface area contributed by atoms with E-state index >= 15 is 0 Å². The predicted molar refractivity (Wildman–Crippen MR) is 212 cm³/mol. The van der Waals surface area contributed by atoms with Gasteiger partial charge in [0.05, 0.1) is 13.1 Å². The highest BCUT2D eigenvalue weighted by Crippen LogP contribution is 2.16. The minimum Gasteiger partial charge on any atom is -0.234 e. The van der Waals surface area contributed by atoms with Gasteiger partial charge in [0.15, 0.2) is 0 Å². The lowest BCUT2D eigenvalue weighted by atomic mass is 10.0. The summed E-state index contributed by atoms with van der Waals surface area (Å²) >= 11 is 0. The molecule has 1 aromatic heterocycles. The molecule has 0 unspecified atom stereocenters. The molecule has 0 atom stereocenters. The van der Waals surface area contributed by atoms with Crippen molar-refractivity contribution in [2.24, 2.45) is 0 Å². The second-order valence-electron chi connectivity index (χ2n) is 15.5. The van der Waals surface area contributed by atoms with Crippen molar-refractivity contribution < 1.29 is 4.57 Å². The second-order valence-corrected chi connectivity index (χ2v) is 15.5. The van der Waals surface area contributed by atoms with Crippen molar-refractivity contribution in [2.75, 3.05) is 0 Å². The Kier molecular flexibility index (Phi) is 34.3. The van der Waals surface area contributed by atoms with Gasteiger partial charge in [-0.2, -0.15) is 0 Å². The zero-order chi connectivity index (χ0) is 33.7. The van der Waals surface area contributed by atoms with E-state index in [0.717, 1.165) is 0 Å². The van der Waals surface area contributed by atoms with Crippen LogP contribution in [-0.4, -0.2) is 4.57 Å². The van der Waals surface area contributed by atoms with Crippen molar-refractivity contribution in [3.05, 3.63) is 18.2 Å². The molecule has 0 saturated carbocycles. The molecule has 0 saturated heterocycles. The Morgan fingerprint density at radius 3 is 1.02 bits per heavy atom. The average Bonchev–Trinajstić information content (AvgIpc) is 3.47. The number of aromatic nitrogens is 2. The maximum atomic E-state index is 2.65. The van der Waals surface area contributed by atoms with Crippen molar-refractivity contribution in [2.45, 2.75) is 271 Å². The average molecular weight is 658 g/mol. The molecular formula is C45H89N2+. The molecule has 0 radical (unpaired) electrons. The van der Waals surface area contributed by atoms with Gasteiger partial charge in [0, 0.05) is 6.42 Å². The van der Waals surface area contributed by atoms with Crippen LogP contribution in [0.3, 0.4) is 0 Å². The smallest absolute Gasteiger partial charge is 0.234 e. The topological polar surface area (TPSA) is 8.81 Å². The fourth-order valence-corrected chi connectivity index (χ4v) is 7.56. The Hall–Kier alpha value is -0.790. The van der Waals surface area contributed by atoms with Gasteiger partial charge < -0.3 is 0 Å². The predicted octanol–water partition coefficient (Wildman–Crippen LogP) is 15.4. The van der Waals surface area contributed by atoms with E-state index in [2.05, 4.69) is 42.3 Å². The molecule has 0 spiro atoms. The van der Waals surface area contributed by atoms with E-state index in [9.17, 15) is 0 Å². The van der Waals surface area contributed by atoms with Crippen LogP contribution < -0.4 is 4.57 Å². The van der Waals surface area contributed by atoms with Gasteiger partial charge in [0.25, 0.3) is 5.82 Å². The van der Waals surface area contributed by atoms with Gasteiger partial charge in [0.2, 0.25) is 0 Å². The zero-order valence-electron chi connectivity index (χ0n) is 33.1. The summed E-state index contributed by atoms with van der Waals surface area (Å²) in [5.74, 6) is 1.63. The van der Waals surface area contributed by atoms with E-state index in [4.69, 9.17) is 0 Å². The van der Waals surface area contributed by atoms with E-state index in [1.54, 1.807) is 5.82 Å². The molecule has 0 aliphatic carbocycles. The SMILES string of the molecule is CCCCCCCCCCCCCCCCC[n+]1ccn(CCCCCCCCCC)c1CCCCCCCCCCCCCCC. The highest BCUT2D eigenvalue weighted by molar-refractivity contribution is 4.84. The summed E-state index contributed by atoms with van der Waals surface area (Å²) in [6.07, 6.45) is 57.8. The van der Waals surface area contributed by atoms with E-state index < -0.39 is 0 Å². The first-order valence-corrected chi connectivity index (χ1v) is 22.4. The molecule has 278 valence electrons. The van der Waals surface area contributed by atoms with E-state index in [-0.39, 0.29) is 0 Å². The van der Waals surface area contributed by atoms with Crippen molar-refractivity contribution >= 4 is 0 Å². The molecule has 1 heterocycles. The Balaban J connectivity index is 2.24. The molecule has 1 aromatic rings. The van der Waals surface area contributed by atoms with Crippen LogP contribution in [0.15, 0.2) is 12.4 Å². The van der Waals surface area contributed by atoms with Crippen molar-refractivity contribution in [3.8, 4) is 0 Å². The van der Waals surface area contributed by atoms with Crippen LogP contribution in [0.25, 0.3) is 0 Å². The summed E-state index contributed by atoms with van der Waals surface area (Å²) < 4.78 is 5.29. The van der Waals surface area contributed by atoms with Gasteiger partial charge in [-0.05, 0) is 32.1 Å². The molecule has 1 rings (SSSR count). The summed E-state index contributed by atoms with van der Waals surface area (Å²) in [5.41, 5.74) is 0. The van der Waals surface area contributed by atoms with Gasteiger partial charge in [-0.25, -0.2) is 9.13 Å².